The molecule has 0 aliphatic carbocycles. The number of phosphoric ester groups is 1. The van der Waals surface area contributed by atoms with E-state index in [0.717, 1.165) is 16.8 Å². The molecule has 3 aromatic heterocycles. The molecule has 0 saturated carbocycles. The van der Waals surface area contributed by atoms with E-state index in [2.05, 4.69) is 15.0 Å². The Hall–Kier alpha value is -2.56. The molecule has 3 aliphatic rings. The second kappa shape index (κ2) is 12.4. The molecule has 0 aromatic carbocycles. The van der Waals surface area contributed by atoms with Gasteiger partial charge in [-0.05, 0) is 0 Å². The van der Waals surface area contributed by atoms with Crippen molar-refractivity contribution in [2.45, 2.75) is 49.5 Å². The lowest BCUT2D eigenvalue weighted by molar-refractivity contribution is -0.235. The summed E-state index contributed by atoms with van der Waals surface area (Å²) < 4.78 is 62.8. The number of halogens is 1. The smallest absolute Gasteiger partial charge is 0.330 e. The Morgan fingerprint density at radius 2 is 1.81 bits per heavy atom. The Labute approximate surface area is 245 Å². The summed E-state index contributed by atoms with van der Waals surface area (Å²) in [5, 5.41) is 0. The van der Waals surface area contributed by atoms with Gasteiger partial charge in [-0.1, -0.05) is 11.8 Å². The maximum Gasteiger partial charge on any atom is 0.330 e. The van der Waals surface area contributed by atoms with Crippen LogP contribution in [0.3, 0.4) is 0 Å². The number of nitrogens with two attached hydrogens (primary N) is 1. The summed E-state index contributed by atoms with van der Waals surface area (Å²) in [6.45, 7) is -5.87. The van der Waals surface area contributed by atoms with E-state index in [4.69, 9.17) is 45.1 Å². The number of quaternary nitrogens is 2. The monoisotopic (exact) mass is 671 g/mol. The number of nitrogens with zero attached hydrogens (tertiary/aromatic N) is 5. The summed E-state index contributed by atoms with van der Waals surface area (Å²) in [6, 6.07) is 0.958. The zero-order chi connectivity index (χ0) is 29.1. The van der Waals surface area contributed by atoms with Crippen LogP contribution in [0.15, 0.2) is 34.5 Å². The minimum absolute atomic E-state index is 0. The van der Waals surface area contributed by atoms with E-state index < -0.39 is 82.0 Å². The van der Waals surface area contributed by atoms with Crippen LogP contribution in [0.2, 0.25) is 0 Å². The van der Waals surface area contributed by atoms with Crippen LogP contribution in [-0.2, 0) is 43.9 Å². The number of anilines is 1. The van der Waals surface area contributed by atoms with E-state index in [-0.39, 0.29) is 35.7 Å². The fourth-order valence-corrected chi connectivity index (χ4v) is 7.05. The third kappa shape index (κ3) is 6.61. The number of hydrogen-bond acceptors (Lipinski definition) is 16. The number of H-pyrrole nitrogens is 1. The molecule has 11 N–H and O–H groups in total. The van der Waals surface area contributed by atoms with Crippen molar-refractivity contribution in [2.75, 3.05) is 18.9 Å². The lowest BCUT2D eigenvalue weighted by Crippen LogP contribution is -2.38. The van der Waals surface area contributed by atoms with Crippen LogP contribution in [0.25, 0.3) is 11.2 Å². The molecule has 24 heteroatoms. The number of alkyl halides is 1. The fourth-order valence-electron chi connectivity index (χ4n) is 4.73. The first-order valence-electron chi connectivity index (χ1n) is 11.9. The number of nitrogen functional groups attached to an aromatic ring is 1. The van der Waals surface area contributed by atoms with E-state index >= 15 is 4.39 Å². The van der Waals surface area contributed by atoms with Crippen LogP contribution in [0.4, 0.5) is 10.2 Å². The highest BCUT2D eigenvalue weighted by Crippen LogP contribution is 2.51. The van der Waals surface area contributed by atoms with Gasteiger partial charge < -0.3 is 55.4 Å². The van der Waals surface area contributed by atoms with Crippen molar-refractivity contribution in [1.29, 1.82) is 0 Å². The lowest BCUT2D eigenvalue weighted by Gasteiger charge is -2.33. The molecule has 238 valence electrons. The summed E-state index contributed by atoms with van der Waals surface area (Å²) >= 11 is 4.98. The fraction of sp³-hybridized carbons (Fsp3) is 0.526. The van der Waals surface area contributed by atoms with Crippen molar-refractivity contribution in [3.63, 3.8) is 0 Å². The number of aromatic amines is 1. The maximum absolute atomic E-state index is 15.5. The molecule has 9 atom stereocenters. The number of hydrogen-bond donors (Lipinski definition) is 4. The highest BCUT2D eigenvalue weighted by atomic mass is 32.5. The van der Waals surface area contributed by atoms with Gasteiger partial charge >= 0.3 is 5.69 Å². The minimum atomic E-state index is -5.15. The summed E-state index contributed by atoms with van der Waals surface area (Å²) in [5.41, 5.74) is 4.53. The number of phosphoric acid groups is 1. The Morgan fingerprint density at radius 1 is 1.05 bits per heavy atom. The molecular weight excluding hydrogens is 643 g/mol. The van der Waals surface area contributed by atoms with Crippen LogP contribution in [0, 0.1) is 0 Å². The van der Waals surface area contributed by atoms with Crippen LogP contribution in [-0.4, -0.2) is 72.9 Å². The minimum Gasteiger partial charge on any atom is -0.780 e. The number of ether oxygens (including phenoxy) is 2. The molecule has 3 fully saturated rings. The van der Waals surface area contributed by atoms with Gasteiger partial charge in [-0.15, -0.1) is 0 Å². The average molecular weight is 671 g/mol. The zero-order valence-corrected chi connectivity index (χ0v) is 25.1. The van der Waals surface area contributed by atoms with Crippen molar-refractivity contribution in [3.05, 3.63) is 45.8 Å². The third-order valence-corrected chi connectivity index (χ3v) is 9.06. The van der Waals surface area contributed by atoms with Crippen molar-refractivity contribution >= 4 is 43.3 Å². The van der Waals surface area contributed by atoms with E-state index in [0.29, 0.717) is 0 Å². The molecule has 4 bridgehead atoms. The van der Waals surface area contributed by atoms with E-state index in [1.807, 2.05) is 4.98 Å². The standard InChI is InChI=1S/C19H22FN7O11P2S.2H3N/c20-12-10-5-33-39(30,31)37-9-3-8(35-17(9)27-7-24-13-15(21)22-6-23-16(13)27)4-34-40(32,41)38-14(12)18(36-10)26-2-1-11(28)25-19(26)29;;/h1-2,6-10,12,14,17-18H,3-5H2,(H,30,31)(H,32,41)(H2,21,22,23)(H,25,28,29);2*1H3/t8-,9+,10+,12+,14+,17+,18+,40?;;/m0../s1. The largest absolute Gasteiger partial charge is 0.780 e. The number of aromatic nitrogens is 6. The first-order valence-corrected chi connectivity index (χ1v) is 15.9. The van der Waals surface area contributed by atoms with Gasteiger partial charge in [0.2, 0.25) is 0 Å². The van der Waals surface area contributed by atoms with Crippen molar-refractivity contribution in [1.82, 2.24) is 41.4 Å². The number of imidazole rings is 1. The van der Waals surface area contributed by atoms with Crippen LogP contribution in [0.1, 0.15) is 18.9 Å². The second-order valence-corrected chi connectivity index (χ2v) is 13.3. The zero-order valence-electron chi connectivity index (χ0n) is 22.5. The molecule has 0 spiro atoms. The third-order valence-electron chi connectivity index (χ3n) is 6.53. The molecule has 6 rings (SSSR count). The van der Waals surface area contributed by atoms with Gasteiger partial charge in [-0.3, -0.25) is 23.5 Å². The average Bonchev–Trinajstić information content (AvgIpc) is 3.58. The Balaban J connectivity index is 0.00000212. The van der Waals surface area contributed by atoms with Crippen LogP contribution >= 0.6 is 14.5 Å². The summed E-state index contributed by atoms with van der Waals surface area (Å²) in [7, 11) is -5.15. The van der Waals surface area contributed by atoms with E-state index in [1.54, 1.807) is 0 Å². The number of fused-ring (bicyclic) bond motifs is 5. The van der Waals surface area contributed by atoms with Crippen molar-refractivity contribution in [3.8, 4) is 0 Å². The quantitative estimate of drug-likeness (QED) is 0.240. The number of nitrogens with one attached hydrogen (secondary N) is 1. The van der Waals surface area contributed by atoms with Gasteiger partial charge in [0, 0.05) is 18.7 Å². The topological polar surface area (TPSA) is 316 Å². The second-order valence-electron chi connectivity index (χ2n) is 9.19. The molecule has 0 amide bonds. The molecule has 3 aliphatic heterocycles. The van der Waals surface area contributed by atoms with Crippen LogP contribution < -0.4 is 39.1 Å². The molecule has 2 unspecified atom stereocenters. The predicted molar refractivity (Wildman–Crippen MR) is 144 cm³/mol. The highest BCUT2D eigenvalue weighted by Gasteiger charge is 2.50. The molecule has 43 heavy (non-hydrogen) atoms. The van der Waals surface area contributed by atoms with Gasteiger partial charge in [-0.2, -0.15) is 0 Å². The Kier molecular flexibility index (Phi) is 9.65. The predicted octanol–water partition coefficient (Wildman–Crippen LogP) is -0.895. The van der Waals surface area contributed by atoms with Crippen molar-refractivity contribution in [2.24, 2.45) is 0 Å². The number of rotatable bonds is 2. The lowest BCUT2D eigenvalue weighted by atomic mass is 10.1. The van der Waals surface area contributed by atoms with Gasteiger partial charge in [0.15, 0.2) is 30.1 Å². The maximum atomic E-state index is 15.5. The van der Waals surface area contributed by atoms with E-state index in [9.17, 15) is 23.9 Å². The van der Waals surface area contributed by atoms with E-state index in [1.165, 1.54) is 17.2 Å². The van der Waals surface area contributed by atoms with Crippen molar-refractivity contribution < 1.29 is 46.3 Å². The Morgan fingerprint density at radius 3 is 2.56 bits per heavy atom. The molecule has 3 aromatic rings. The first-order chi connectivity index (χ1) is 19.4. The molecule has 20 nitrogen and oxygen atoms in total. The normalized spacial score (nSPS) is 36.4. The Bertz CT molecular complexity index is 1690. The molecule has 0 radical (unpaired) electrons. The molecule has 6 heterocycles. The molecular formula is C19H28FN9O11P2S. The van der Waals surface area contributed by atoms with Gasteiger partial charge in [0.25, 0.3) is 13.4 Å². The van der Waals surface area contributed by atoms with Gasteiger partial charge in [0.1, 0.15) is 36.9 Å². The molecule has 3 saturated heterocycles. The van der Waals surface area contributed by atoms with Gasteiger partial charge in [0.05, 0.1) is 25.6 Å². The SMILES string of the molecule is Nc1ncnc2c1ncn2[C@@H]1O[C@@H]2COP([O-])(=S)O[C@@H]3[C@H](F)[C@@H](COP(=O)([O-])O[C@@H]1C2)O[C@H]3n1ccc(=O)[nH]c1=O.[NH4+].[NH4+]. The van der Waals surface area contributed by atoms with Gasteiger partial charge in [-0.25, -0.2) is 24.1 Å². The highest BCUT2D eigenvalue weighted by molar-refractivity contribution is 8.06. The van der Waals surface area contributed by atoms with Crippen LogP contribution in [0.5, 0.6) is 0 Å². The first kappa shape index (κ1) is 33.3. The summed E-state index contributed by atoms with van der Waals surface area (Å²) in [4.78, 5) is 63.9. The summed E-state index contributed by atoms with van der Waals surface area (Å²) in [5.74, 6) is 0.0720. The summed E-state index contributed by atoms with van der Waals surface area (Å²) in [6.07, 6.45) is -7.28.